The van der Waals surface area contributed by atoms with Crippen LogP contribution in [0.4, 0.5) is 17.1 Å². The van der Waals surface area contributed by atoms with Crippen molar-refractivity contribution in [2.45, 2.75) is 29.7 Å². The van der Waals surface area contributed by atoms with Crippen LogP contribution in [0.1, 0.15) is 12.7 Å². The summed E-state index contributed by atoms with van der Waals surface area (Å²) in [7, 11) is 0. The number of fused-ring (bicyclic) bond motifs is 3. The van der Waals surface area contributed by atoms with Crippen LogP contribution in [0.2, 0.25) is 0 Å². The lowest BCUT2D eigenvalue weighted by atomic mass is 10.1. The number of hydrogen-bond donors (Lipinski definition) is 1. The van der Waals surface area contributed by atoms with Crippen molar-refractivity contribution in [2.24, 2.45) is 0 Å². The molecule has 1 aliphatic rings. The van der Waals surface area contributed by atoms with Crippen LogP contribution in [0.3, 0.4) is 0 Å². The molecule has 0 aliphatic carbocycles. The second kappa shape index (κ2) is 8.56. The van der Waals surface area contributed by atoms with Gasteiger partial charge in [-0.3, -0.25) is 4.79 Å². The van der Waals surface area contributed by atoms with E-state index in [2.05, 4.69) is 49.8 Å². The molecule has 0 radical (unpaired) electrons. The number of benzene rings is 3. The fourth-order valence-corrected chi connectivity index (χ4v) is 5.39. The Labute approximate surface area is 206 Å². The lowest BCUT2D eigenvalue weighted by molar-refractivity contribution is -0.117. The molecule has 7 nitrogen and oxygen atoms in total. The maximum Gasteiger partial charge on any atom is 0.247 e. The summed E-state index contributed by atoms with van der Waals surface area (Å²) in [6.07, 6.45) is 0. The standard InChI is InChI=1S/C27H22N6OS/c1-17(32-22-10-3-5-12-24(22)35-25-13-6-4-11-23(25)32)27(34)28-20-9-7-8-19(16-20)21-14-15-26-30-29-18(2)33(26)31-21/h3-17H,1-2H3,(H,28,34). The van der Waals surface area contributed by atoms with Crippen LogP contribution >= 0.6 is 11.8 Å². The maximum absolute atomic E-state index is 13.5. The zero-order valence-electron chi connectivity index (χ0n) is 19.2. The number of carbonyl (C=O) groups is 1. The monoisotopic (exact) mass is 478 g/mol. The van der Waals surface area contributed by atoms with E-state index in [4.69, 9.17) is 0 Å². The Balaban J connectivity index is 1.29. The number of hydrogen-bond acceptors (Lipinski definition) is 6. The molecule has 0 saturated carbocycles. The van der Waals surface area contributed by atoms with E-state index in [9.17, 15) is 4.79 Å². The summed E-state index contributed by atoms with van der Waals surface area (Å²) in [6.45, 7) is 3.80. The fraction of sp³-hybridized carbons (Fsp3) is 0.111. The van der Waals surface area contributed by atoms with Gasteiger partial charge in [0, 0.05) is 21.0 Å². The zero-order chi connectivity index (χ0) is 23.9. The smallest absolute Gasteiger partial charge is 0.247 e. The lowest BCUT2D eigenvalue weighted by Gasteiger charge is -2.36. The van der Waals surface area contributed by atoms with Crippen molar-refractivity contribution in [3.8, 4) is 11.3 Å². The first-order chi connectivity index (χ1) is 17.1. The zero-order valence-corrected chi connectivity index (χ0v) is 20.0. The quantitative estimate of drug-likeness (QED) is 0.356. The maximum atomic E-state index is 13.5. The summed E-state index contributed by atoms with van der Waals surface area (Å²) in [6, 6.07) is 27.5. The summed E-state index contributed by atoms with van der Waals surface area (Å²) < 4.78 is 1.71. The van der Waals surface area contributed by atoms with Crippen molar-refractivity contribution in [2.75, 3.05) is 10.2 Å². The summed E-state index contributed by atoms with van der Waals surface area (Å²) in [5, 5.41) is 15.9. The first-order valence-corrected chi connectivity index (χ1v) is 12.2. The number of anilines is 3. The highest BCUT2D eigenvalue weighted by Gasteiger charge is 2.30. The molecular formula is C27H22N6OS. The summed E-state index contributed by atoms with van der Waals surface area (Å²) in [5.74, 6) is 0.636. The molecule has 2 aromatic heterocycles. The molecular weight excluding hydrogens is 456 g/mol. The van der Waals surface area contributed by atoms with Gasteiger partial charge in [-0.15, -0.1) is 10.2 Å². The van der Waals surface area contributed by atoms with Crippen LogP contribution in [-0.4, -0.2) is 31.8 Å². The van der Waals surface area contributed by atoms with Crippen molar-refractivity contribution in [3.05, 3.63) is 90.8 Å². The number of aryl methyl sites for hydroxylation is 1. The van der Waals surface area contributed by atoms with E-state index in [1.807, 2.05) is 74.5 Å². The highest BCUT2D eigenvalue weighted by molar-refractivity contribution is 7.99. The van der Waals surface area contributed by atoms with E-state index in [0.29, 0.717) is 5.65 Å². The third kappa shape index (κ3) is 3.81. The van der Waals surface area contributed by atoms with Crippen LogP contribution in [0, 0.1) is 6.92 Å². The predicted octanol–water partition coefficient (Wildman–Crippen LogP) is 5.73. The van der Waals surface area contributed by atoms with E-state index in [1.165, 1.54) is 0 Å². The number of para-hydroxylation sites is 2. The number of carbonyl (C=O) groups excluding carboxylic acids is 1. The molecule has 172 valence electrons. The van der Waals surface area contributed by atoms with Gasteiger partial charge in [0.05, 0.1) is 17.1 Å². The van der Waals surface area contributed by atoms with E-state index in [1.54, 1.807) is 16.3 Å². The second-order valence-corrected chi connectivity index (χ2v) is 9.47. The number of rotatable bonds is 4. The van der Waals surface area contributed by atoms with E-state index in [0.717, 1.165) is 43.9 Å². The molecule has 8 heteroatoms. The molecule has 0 fully saturated rings. The minimum atomic E-state index is -0.420. The van der Waals surface area contributed by atoms with Gasteiger partial charge in [0.25, 0.3) is 0 Å². The summed E-state index contributed by atoms with van der Waals surface area (Å²) >= 11 is 1.73. The Morgan fingerprint density at radius 1 is 0.886 bits per heavy atom. The van der Waals surface area contributed by atoms with Gasteiger partial charge in [0.15, 0.2) is 11.5 Å². The highest BCUT2D eigenvalue weighted by Crippen LogP contribution is 2.48. The summed E-state index contributed by atoms with van der Waals surface area (Å²) in [5.41, 5.74) is 5.17. The largest absolute Gasteiger partial charge is 0.327 e. The van der Waals surface area contributed by atoms with Crippen LogP contribution < -0.4 is 10.2 Å². The minimum Gasteiger partial charge on any atom is -0.327 e. The van der Waals surface area contributed by atoms with Crippen molar-refractivity contribution in [1.82, 2.24) is 19.8 Å². The van der Waals surface area contributed by atoms with Gasteiger partial charge in [-0.05, 0) is 62.4 Å². The fourth-order valence-electron chi connectivity index (χ4n) is 4.32. The van der Waals surface area contributed by atoms with Crippen molar-refractivity contribution >= 4 is 40.4 Å². The average molecular weight is 479 g/mol. The first-order valence-electron chi connectivity index (χ1n) is 11.3. The van der Waals surface area contributed by atoms with Crippen molar-refractivity contribution in [3.63, 3.8) is 0 Å². The predicted molar refractivity (Wildman–Crippen MR) is 138 cm³/mol. The number of nitrogens with zero attached hydrogens (tertiary/aromatic N) is 5. The van der Waals surface area contributed by atoms with Gasteiger partial charge in [-0.25, -0.2) is 0 Å². The van der Waals surface area contributed by atoms with Gasteiger partial charge in [-0.1, -0.05) is 48.2 Å². The molecule has 1 N–H and O–H groups in total. The van der Waals surface area contributed by atoms with E-state index >= 15 is 0 Å². The highest BCUT2D eigenvalue weighted by atomic mass is 32.2. The van der Waals surface area contributed by atoms with Crippen molar-refractivity contribution in [1.29, 1.82) is 0 Å². The van der Waals surface area contributed by atoms with Crippen LogP contribution in [0.15, 0.2) is 94.7 Å². The Bertz CT molecular complexity index is 1530. The van der Waals surface area contributed by atoms with Crippen molar-refractivity contribution < 1.29 is 4.79 Å². The van der Waals surface area contributed by atoms with Gasteiger partial charge < -0.3 is 10.2 Å². The molecule has 1 amide bonds. The molecule has 0 spiro atoms. The lowest BCUT2D eigenvalue weighted by Crippen LogP contribution is -2.40. The molecule has 6 rings (SSSR count). The van der Waals surface area contributed by atoms with E-state index in [-0.39, 0.29) is 5.91 Å². The van der Waals surface area contributed by atoms with Gasteiger partial charge >= 0.3 is 0 Å². The second-order valence-electron chi connectivity index (χ2n) is 8.39. The number of nitrogens with one attached hydrogen (secondary N) is 1. The Hall–Kier alpha value is -4.17. The molecule has 3 aromatic carbocycles. The molecule has 5 aromatic rings. The Morgan fingerprint density at radius 3 is 2.34 bits per heavy atom. The normalized spacial score (nSPS) is 13.3. The molecule has 0 bridgehead atoms. The average Bonchev–Trinajstić information content (AvgIpc) is 3.27. The van der Waals surface area contributed by atoms with Gasteiger partial charge in [0.2, 0.25) is 5.91 Å². The molecule has 35 heavy (non-hydrogen) atoms. The molecule has 1 aliphatic heterocycles. The number of aromatic nitrogens is 4. The Morgan fingerprint density at radius 2 is 1.60 bits per heavy atom. The molecule has 0 saturated heterocycles. The minimum absolute atomic E-state index is 0.0864. The van der Waals surface area contributed by atoms with Crippen LogP contribution in [-0.2, 0) is 4.79 Å². The van der Waals surface area contributed by atoms with Gasteiger partial charge in [0.1, 0.15) is 6.04 Å². The number of amides is 1. The first kappa shape index (κ1) is 21.4. The van der Waals surface area contributed by atoms with Crippen LogP contribution in [0.25, 0.3) is 16.9 Å². The molecule has 1 unspecified atom stereocenters. The topological polar surface area (TPSA) is 75.4 Å². The van der Waals surface area contributed by atoms with E-state index < -0.39 is 6.04 Å². The van der Waals surface area contributed by atoms with Gasteiger partial charge in [-0.2, -0.15) is 9.61 Å². The molecule has 3 heterocycles. The third-order valence-electron chi connectivity index (χ3n) is 6.08. The Kier molecular flexibility index (Phi) is 5.22. The SMILES string of the molecule is Cc1nnc2ccc(-c3cccc(NC(=O)C(C)N4c5ccccc5Sc5ccccc54)c3)nn12. The third-order valence-corrected chi connectivity index (χ3v) is 7.21. The molecule has 1 atom stereocenters. The van der Waals surface area contributed by atoms with Crippen LogP contribution in [0.5, 0.6) is 0 Å². The summed E-state index contributed by atoms with van der Waals surface area (Å²) in [4.78, 5) is 17.9.